The van der Waals surface area contributed by atoms with Crippen molar-refractivity contribution >= 4 is 0 Å². The van der Waals surface area contributed by atoms with Crippen LogP contribution < -0.4 is 23.7 Å². The van der Waals surface area contributed by atoms with Crippen molar-refractivity contribution < 1.29 is 23.7 Å². The van der Waals surface area contributed by atoms with E-state index in [1.807, 2.05) is 30.3 Å². The molecule has 2 atom stereocenters. The van der Waals surface area contributed by atoms with E-state index in [0.717, 1.165) is 34.1 Å². The summed E-state index contributed by atoms with van der Waals surface area (Å²) in [6, 6.07) is 9.83. The largest absolute Gasteiger partial charge is 0.497 e. The SMILES string of the molecule is COc1ccc2c(c1)OCC1c3ccc4c(c3OC21)OCO4. The Kier molecular flexibility index (Phi) is 2.31. The molecule has 0 saturated heterocycles. The fourth-order valence-electron chi connectivity index (χ4n) is 3.39. The van der Waals surface area contributed by atoms with Gasteiger partial charge in [-0.15, -0.1) is 0 Å². The Bertz CT molecular complexity index is 770. The molecule has 22 heavy (non-hydrogen) atoms. The molecular weight excluding hydrogens is 284 g/mol. The molecule has 0 amide bonds. The Morgan fingerprint density at radius 2 is 1.86 bits per heavy atom. The zero-order chi connectivity index (χ0) is 14.7. The van der Waals surface area contributed by atoms with Crippen LogP contribution in [0.2, 0.25) is 0 Å². The van der Waals surface area contributed by atoms with Gasteiger partial charge in [-0.05, 0) is 18.2 Å². The van der Waals surface area contributed by atoms with Crippen LogP contribution in [-0.4, -0.2) is 20.5 Å². The fraction of sp³-hybridized carbons (Fsp3) is 0.294. The Balaban J connectivity index is 1.60. The Morgan fingerprint density at radius 3 is 2.77 bits per heavy atom. The lowest BCUT2D eigenvalue weighted by atomic mass is 9.89. The minimum atomic E-state index is -0.0552. The van der Waals surface area contributed by atoms with Crippen molar-refractivity contribution in [3.8, 4) is 28.7 Å². The molecule has 5 rings (SSSR count). The van der Waals surface area contributed by atoms with E-state index >= 15 is 0 Å². The third kappa shape index (κ3) is 1.48. The molecule has 0 aliphatic carbocycles. The molecule has 0 saturated carbocycles. The highest BCUT2D eigenvalue weighted by molar-refractivity contribution is 5.61. The molecule has 3 heterocycles. The van der Waals surface area contributed by atoms with Crippen molar-refractivity contribution in [3.05, 3.63) is 41.5 Å². The Hall–Kier alpha value is -2.56. The summed E-state index contributed by atoms with van der Waals surface area (Å²) in [7, 11) is 1.65. The van der Waals surface area contributed by atoms with E-state index in [4.69, 9.17) is 23.7 Å². The van der Waals surface area contributed by atoms with Crippen molar-refractivity contribution in [2.24, 2.45) is 0 Å². The molecule has 3 aliphatic heterocycles. The van der Waals surface area contributed by atoms with Gasteiger partial charge in [0.05, 0.1) is 19.6 Å². The highest BCUT2D eigenvalue weighted by Gasteiger charge is 2.43. The van der Waals surface area contributed by atoms with Crippen LogP contribution in [0.1, 0.15) is 23.1 Å². The molecule has 0 N–H and O–H groups in total. The summed E-state index contributed by atoms with van der Waals surface area (Å²) in [4.78, 5) is 0. The predicted octanol–water partition coefficient (Wildman–Crippen LogP) is 3.03. The summed E-state index contributed by atoms with van der Waals surface area (Å²) in [6.07, 6.45) is -0.0552. The van der Waals surface area contributed by atoms with Crippen LogP contribution in [0.5, 0.6) is 28.7 Å². The number of methoxy groups -OCH3 is 1. The number of benzene rings is 2. The first-order valence-electron chi connectivity index (χ1n) is 7.25. The summed E-state index contributed by atoms with van der Waals surface area (Å²) in [5.74, 6) is 4.02. The quantitative estimate of drug-likeness (QED) is 0.810. The van der Waals surface area contributed by atoms with Crippen molar-refractivity contribution in [3.63, 3.8) is 0 Å². The lowest BCUT2D eigenvalue weighted by Gasteiger charge is -2.28. The van der Waals surface area contributed by atoms with Gasteiger partial charge in [-0.2, -0.15) is 0 Å². The van der Waals surface area contributed by atoms with Gasteiger partial charge in [-0.1, -0.05) is 6.07 Å². The first-order valence-corrected chi connectivity index (χ1v) is 7.25. The molecule has 0 bridgehead atoms. The minimum absolute atomic E-state index is 0.0552. The Labute approximate surface area is 127 Å². The Morgan fingerprint density at radius 1 is 0.955 bits per heavy atom. The van der Waals surface area contributed by atoms with Crippen LogP contribution in [0.3, 0.4) is 0 Å². The molecule has 0 radical (unpaired) electrons. The van der Waals surface area contributed by atoms with Gasteiger partial charge in [0.1, 0.15) is 17.6 Å². The van der Waals surface area contributed by atoms with E-state index in [2.05, 4.69) is 0 Å². The predicted molar refractivity (Wildman–Crippen MR) is 77.2 cm³/mol. The number of hydrogen-bond acceptors (Lipinski definition) is 5. The maximum atomic E-state index is 6.23. The first kappa shape index (κ1) is 12.0. The summed E-state index contributed by atoms with van der Waals surface area (Å²) in [6.45, 7) is 0.826. The van der Waals surface area contributed by atoms with Crippen LogP contribution >= 0.6 is 0 Å². The molecule has 0 fully saturated rings. The fourth-order valence-corrected chi connectivity index (χ4v) is 3.39. The summed E-state index contributed by atoms with van der Waals surface area (Å²) < 4.78 is 28.4. The highest BCUT2D eigenvalue weighted by atomic mass is 16.7. The van der Waals surface area contributed by atoms with E-state index in [1.54, 1.807) is 7.11 Å². The second-order valence-corrected chi connectivity index (χ2v) is 5.58. The second kappa shape index (κ2) is 4.22. The van der Waals surface area contributed by atoms with Gasteiger partial charge < -0.3 is 23.7 Å². The molecule has 2 unspecified atom stereocenters. The van der Waals surface area contributed by atoms with Gasteiger partial charge in [0.2, 0.25) is 12.5 Å². The lowest BCUT2D eigenvalue weighted by molar-refractivity contribution is 0.132. The van der Waals surface area contributed by atoms with Crippen molar-refractivity contribution in [2.45, 2.75) is 12.0 Å². The molecule has 5 nitrogen and oxygen atoms in total. The average molecular weight is 298 g/mol. The molecule has 5 heteroatoms. The number of hydrogen-bond donors (Lipinski definition) is 0. The van der Waals surface area contributed by atoms with Gasteiger partial charge in [0, 0.05) is 17.2 Å². The molecule has 0 aromatic heterocycles. The summed E-state index contributed by atoms with van der Waals surface area (Å²) in [5, 5.41) is 0. The number of ether oxygens (including phenoxy) is 5. The van der Waals surface area contributed by atoms with E-state index in [1.165, 1.54) is 0 Å². The second-order valence-electron chi connectivity index (χ2n) is 5.58. The molecule has 2 aromatic carbocycles. The van der Waals surface area contributed by atoms with Crippen LogP contribution in [0.4, 0.5) is 0 Å². The lowest BCUT2D eigenvalue weighted by Crippen LogP contribution is -2.23. The first-order chi connectivity index (χ1) is 10.8. The summed E-state index contributed by atoms with van der Waals surface area (Å²) in [5.41, 5.74) is 2.16. The van der Waals surface area contributed by atoms with E-state index in [0.29, 0.717) is 12.4 Å². The third-order valence-electron chi connectivity index (χ3n) is 4.48. The van der Waals surface area contributed by atoms with Crippen LogP contribution in [0, 0.1) is 0 Å². The van der Waals surface area contributed by atoms with E-state index in [-0.39, 0.29) is 18.8 Å². The maximum Gasteiger partial charge on any atom is 0.231 e. The smallest absolute Gasteiger partial charge is 0.231 e. The van der Waals surface area contributed by atoms with Crippen molar-refractivity contribution in [2.75, 3.05) is 20.5 Å². The zero-order valence-corrected chi connectivity index (χ0v) is 12.0. The number of rotatable bonds is 1. The minimum Gasteiger partial charge on any atom is -0.497 e. The molecule has 3 aliphatic rings. The highest BCUT2D eigenvalue weighted by Crippen LogP contribution is 2.57. The molecular formula is C17H14O5. The van der Waals surface area contributed by atoms with Crippen LogP contribution in [-0.2, 0) is 0 Å². The van der Waals surface area contributed by atoms with Crippen LogP contribution in [0.25, 0.3) is 0 Å². The van der Waals surface area contributed by atoms with Crippen molar-refractivity contribution in [1.29, 1.82) is 0 Å². The van der Waals surface area contributed by atoms with E-state index in [9.17, 15) is 0 Å². The standard InChI is InChI=1S/C17H14O5/c1-18-9-2-3-11-14(6-9)19-7-12-10-4-5-13-17(21-8-20-13)16(10)22-15(11)12/h2-6,12,15H,7-8H2,1H3. The van der Waals surface area contributed by atoms with Gasteiger partial charge >= 0.3 is 0 Å². The average Bonchev–Trinajstić information content (AvgIpc) is 3.17. The number of fused-ring (bicyclic) bond motifs is 7. The monoisotopic (exact) mass is 298 g/mol. The van der Waals surface area contributed by atoms with Crippen molar-refractivity contribution in [1.82, 2.24) is 0 Å². The van der Waals surface area contributed by atoms with E-state index < -0.39 is 0 Å². The van der Waals surface area contributed by atoms with Crippen LogP contribution in [0.15, 0.2) is 30.3 Å². The topological polar surface area (TPSA) is 46.2 Å². The van der Waals surface area contributed by atoms with Gasteiger partial charge in [0.25, 0.3) is 0 Å². The summed E-state index contributed by atoms with van der Waals surface area (Å²) >= 11 is 0. The van der Waals surface area contributed by atoms with Gasteiger partial charge in [0.15, 0.2) is 11.5 Å². The zero-order valence-electron chi connectivity index (χ0n) is 12.0. The van der Waals surface area contributed by atoms with Gasteiger partial charge in [-0.3, -0.25) is 0 Å². The molecule has 0 spiro atoms. The third-order valence-corrected chi connectivity index (χ3v) is 4.48. The van der Waals surface area contributed by atoms with Gasteiger partial charge in [-0.25, -0.2) is 0 Å². The normalized spacial score (nSPS) is 23.0. The maximum absolute atomic E-state index is 6.23. The molecule has 112 valence electrons. The molecule has 2 aromatic rings.